The van der Waals surface area contributed by atoms with Crippen molar-refractivity contribution in [2.24, 2.45) is 0 Å². The molecular weight excluding hydrogens is 503 g/mol. The summed E-state index contributed by atoms with van der Waals surface area (Å²) < 4.78 is 37.8. The Hall–Kier alpha value is -4.45. The number of likely N-dealkylation sites (tertiary alicyclic amines) is 1. The van der Waals surface area contributed by atoms with Crippen molar-refractivity contribution in [2.45, 2.75) is 25.2 Å². The number of hydrogen-bond acceptors (Lipinski definition) is 6. The molecule has 38 heavy (non-hydrogen) atoms. The van der Waals surface area contributed by atoms with E-state index < -0.39 is 12.1 Å². The number of carbonyl (C=O) groups excluding carboxylic acids is 1. The molecule has 1 fully saturated rings. The van der Waals surface area contributed by atoms with E-state index in [1.165, 1.54) is 5.56 Å². The summed E-state index contributed by atoms with van der Waals surface area (Å²) in [5.41, 5.74) is 3.24. The van der Waals surface area contributed by atoms with Crippen molar-refractivity contribution in [1.29, 1.82) is 0 Å². The van der Waals surface area contributed by atoms with E-state index in [0.717, 1.165) is 37.0 Å². The molecule has 0 spiro atoms. The van der Waals surface area contributed by atoms with E-state index in [0.29, 0.717) is 17.3 Å². The summed E-state index contributed by atoms with van der Waals surface area (Å²) in [7, 11) is 0. The lowest BCUT2D eigenvalue weighted by Gasteiger charge is -2.17. The molecule has 1 amide bonds. The van der Waals surface area contributed by atoms with Gasteiger partial charge in [0.15, 0.2) is 0 Å². The SMILES string of the molecule is O=C(Nc1ccc2[nH]ncc2c1)c1cccc(O[C@H]2CCN(Cc3ccccc3)C2)n1.O=C(O)C(F)(F)F. The van der Waals surface area contributed by atoms with Crippen LogP contribution in [-0.2, 0) is 11.3 Å². The van der Waals surface area contributed by atoms with Crippen molar-refractivity contribution < 1.29 is 32.6 Å². The lowest BCUT2D eigenvalue weighted by Crippen LogP contribution is -2.25. The van der Waals surface area contributed by atoms with Crippen molar-refractivity contribution in [3.05, 3.63) is 84.2 Å². The Labute approximate surface area is 215 Å². The van der Waals surface area contributed by atoms with E-state index in [2.05, 4.69) is 49.7 Å². The molecule has 0 unspecified atom stereocenters. The number of benzene rings is 2. The quantitative estimate of drug-likeness (QED) is 0.338. The Balaban J connectivity index is 0.000000426. The number of hydrogen-bond donors (Lipinski definition) is 3. The minimum Gasteiger partial charge on any atom is -0.475 e. The third-order valence-corrected chi connectivity index (χ3v) is 5.66. The fourth-order valence-corrected chi connectivity index (χ4v) is 3.87. The fourth-order valence-electron chi connectivity index (χ4n) is 3.87. The summed E-state index contributed by atoms with van der Waals surface area (Å²) in [5.74, 6) is -2.55. The number of ether oxygens (including phenoxy) is 1. The maximum atomic E-state index is 12.7. The summed E-state index contributed by atoms with van der Waals surface area (Å²) in [4.78, 5) is 28.4. The first-order valence-corrected chi connectivity index (χ1v) is 11.6. The van der Waals surface area contributed by atoms with Gasteiger partial charge in [0.1, 0.15) is 11.8 Å². The molecule has 3 N–H and O–H groups in total. The van der Waals surface area contributed by atoms with Gasteiger partial charge in [-0.1, -0.05) is 36.4 Å². The highest BCUT2D eigenvalue weighted by Crippen LogP contribution is 2.20. The maximum Gasteiger partial charge on any atom is 0.490 e. The van der Waals surface area contributed by atoms with Crippen LogP contribution in [0.3, 0.4) is 0 Å². The van der Waals surface area contributed by atoms with Gasteiger partial charge < -0.3 is 15.2 Å². The fraction of sp³-hybridized carbons (Fsp3) is 0.231. The van der Waals surface area contributed by atoms with E-state index >= 15 is 0 Å². The minimum atomic E-state index is -5.08. The van der Waals surface area contributed by atoms with Crippen LogP contribution in [0.25, 0.3) is 10.9 Å². The molecule has 3 heterocycles. The zero-order chi connectivity index (χ0) is 27.1. The molecule has 198 valence electrons. The van der Waals surface area contributed by atoms with Crippen LogP contribution < -0.4 is 10.1 Å². The van der Waals surface area contributed by atoms with E-state index in [1.54, 1.807) is 24.4 Å². The van der Waals surface area contributed by atoms with Crippen LogP contribution in [0.5, 0.6) is 5.88 Å². The molecular formula is C26H24F3N5O4. The number of alkyl halides is 3. The van der Waals surface area contributed by atoms with Gasteiger partial charge in [-0.15, -0.1) is 0 Å². The van der Waals surface area contributed by atoms with Crippen molar-refractivity contribution in [3.63, 3.8) is 0 Å². The summed E-state index contributed by atoms with van der Waals surface area (Å²) in [6.45, 7) is 2.74. The average molecular weight is 528 g/mol. The summed E-state index contributed by atoms with van der Waals surface area (Å²) in [6, 6.07) is 21.3. The topological polar surface area (TPSA) is 120 Å². The molecule has 0 radical (unpaired) electrons. The molecule has 1 saturated heterocycles. The van der Waals surface area contributed by atoms with Gasteiger partial charge in [-0.05, 0) is 36.2 Å². The van der Waals surface area contributed by atoms with Crippen LogP contribution in [0.15, 0.2) is 72.9 Å². The Morgan fingerprint density at radius 2 is 1.87 bits per heavy atom. The highest BCUT2D eigenvalue weighted by molar-refractivity contribution is 6.03. The van der Waals surface area contributed by atoms with E-state index in [4.69, 9.17) is 14.6 Å². The molecule has 0 bridgehead atoms. The van der Waals surface area contributed by atoms with Crippen LogP contribution in [0, 0.1) is 0 Å². The molecule has 5 rings (SSSR count). The Morgan fingerprint density at radius 1 is 1.11 bits per heavy atom. The van der Waals surface area contributed by atoms with Gasteiger partial charge >= 0.3 is 12.1 Å². The molecule has 0 saturated carbocycles. The smallest absolute Gasteiger partial charge is 0.475 e. The number of aromatic amines is 1. The second-order valence-corrected chi connectivity index (χ2v) is 8.54. The van der Waals surface area contributed by atoms with Gasteiger partial charge in [-0.25, -0.2) is 9.78 Å². The summed E-state index contributed by atoms with van der Waals surface area (Å²) in [6.07, 6.45) is -2.35. The second-order valence-electron chi connectivity index (χ2n) is 8.54. The molecule has 2 aromatic heterocycles. The van der Waals surface area contributed by atoms with Gasteiger partial charge in [0, 0.05) is 36.8 Å². The predicted molar refractivity (Wildman–Crippen MR) is 133 cm³/mol. The Kier molecular flexibility index (Phi) is 8.22. The first kappa shape index (κ1) is 26.6. The average Bonchev–Trinajstić information content (AvgIpc) is 3.53. The number of carboxylic acids is 1. The van der Waals surface area contributed by atoms with E-state index in [9.17, 15) is 18.0 Å². The zero-order valence-electron chi connectivity index (χ0n) is 20.0. The summed E-state index contributed by atoms with van der Waals surface area (Å²) in [5, 5.41) is 17.8. The minimum absolute atomic E-state index is 0.0676. The van der Waals surface area contributed by atoms with Gasteiger partial charge in [0.2, 0.25) is 5.88 Å². The number of halogens is 3. The standard InChI is InChI=1S/C24H23N5O2.C2HF3O2/c30-24(26-19-9-10-21-18(13-19)14-25-28-21)22-7-4-8-23(27-22)31-20-11-12-29(16-20)15-17-5-2-1-3-6-17;3-2(4,5)1(6)7/h1-10,13-14,20H,11-12,15-16H2,(H,25,28)(H,26,30);(H,6,7)/t20-;/m0./s1. The van der Waals surface area contributed by atoms with Crippen molar-refractivity contribution in [1.82, 2.24) is 20.1 Å². The Bertz CT molecular complexity index is 1390. The number of carbonyl (C=O) groups is 2. The number of nitrogens with zero attached hydrogens (tertiary/aromatic N) is 3. The number of rotatable bonds is 6. The number of nitrogens with one attached hydrogen (secondary N) is 2. The highest BCUT2D eigenvalue weighted by Gasteiger charge is 2.38. The van der Waals surface area contributed by atoms with E-state index in [1.807, 2.05) is 24.3 Å². The van der Waals surface area contributed by atoms with Gasteiger partial charge in [0.25, 0.3) is 5.91 Å². The predicted octanol–water partition coefficient (Wildman–Crippen LogP) is 4.50. The van der Waals surface area contributed by atoms with Gasteiger partial charge in [-0.2, -0.15) is 18.3 Å². The van der Waals surface area contributed by atoms with Crippen LogP contribution in [-0.4, -0.2) is 62.4 Å². The third-order valence-electron chi connectivity index (χ3n) is 5.66. The molecule has 1 aliphatic rings. The lowest BCUT2D eigenvalue weighted by atomic mass is 10.2. The number of amides is 1. The molecule has 2 aromatic carbocycles. The van der Waals surface area contributed by atoms with E-state index in [-0.39, 0.29) is 12.0 Å². The maximum absolute atomic E-state index is 12.7. The number of aromatic nitrogens is 3. The van der Waals surface area contributed by atoms with Crippen molar-refractivity contribution in [3.8, 4) is 5.88 Å². The third kappa shape index (κ3) is 7.29. The molecule has 1 atom stereocenters. The molecule has 0 aliphatic carbocycles. The number of anilines is 1. The molecule has 9 nitrogen and oxygen atoms in total. The lowest BCUT2D eigenvalue weighted by molar-refractivity contribution is -0.192. The first-order chi connectivity index (χ1) is 18.2. The van der Waals surface area contributed by atoms with Crippen LogP contribution >= 0.6 is 0 Å². The van der Waals surface area contributed by atoms with Crippen LogP contribution in [0.2, 0.25) is 0 Å². The molecule has 12 heteroatoms. The number of aliphatic carboxylic acids is 1. The largest absolute Gasteiger partial charge is 0.490 e. The number of carboxylic acid groups (broad SMARTS) is 1. The van der Waals surface area contributed by atoms with Gasteiger partial charge in [-0.3, -0.25) is 14.8 Å². The van der Waals surface area contributed by atoms with Crippen LogP contribution in [0.1, 0.15) is 22.5 Å². The first-order valence-electron chi connectivity index (χ1n) is 11.6. The van der Waals surface area contributed by atoms with Crippen molar-refractivity contribution >= 4 is 28.5 Å². The molecule has 1 aliphatic heterocycles. The monoisotopic (exact) mass is 527 g/mol. The normalized spacial score (nSPS) is 15.5. The highest BCUT2D eigenvalue weighted by atomic mass is 19.4. The number of fused-ring (bicyclic) bond motifs is 1. The zero-order valence-corrected chi connectivity index (χ0v) is 20.0. The molecule has 4 aromatic rings. The summed E-state index contributed by atoms with van der Waals surface area (Å²) >= 11 is 0. The van der Waals surface area contributed by atoms with Crippen LogP contribution in [0.4, 0.5) is 18.9 Å². The van der Waals surface area contributed by atoms with Gasteiger partial charge in [0.05, 0.1) is 11.7 Å². The Morgan fingerprint density at radius 3 is 2.61 bits per heavy atom. The number of H-pyrrole nitrogens is 1. The van der Waals surface area contributed by atoms with Crippen molar-refractivity contribution in [2.75, 3.05) is 18.4 Å². The number of pyridine rings is 1. The second kappa shape index (κ2) is 11.7.